The monoisotopic (exact) mass is 417 g/mol. The van der Waals surface area contributed by atoms with Gasteiger partial charge in [0.25, 0.3) is 10.1 Å². The van der Waals surface area contributed by atoms with E-state index >= 15 is 0 Å². The van der Waals surface area contributed by atoms with Gasteiger partial charge in [-0.15, -0.1) is 0 Å². The first-order valence-corrected chi connectivity index (χ1v) is 8.94. The molecule has 2 aromatic carbocycles. The molecular formula is C14H13Cl2N5O4S. The average Bonchev–Trinajstić information content (AvgIpc) is 2.49. The second-order valence-electron chi connectivity index (χ2n) is 4.79. The van der Waals surface area contributed by atoms with Crippen LogP contribution in [-0.2, 0) is 10.1 Å². The SMILES string of the molecule is NC(N)=NC(N)=Nc1ccc(Oc2ccc(Cl)cc2Cl)cc1S(=O)(=O)O. The summed E-state index contributed by atoms with van der Waals surface area (Å²) < 4.78 is 38.2. The first-order valence-electron chi connectivity index (χ1n) is 6.74. The van der Waals surface area contributed by atoms with Crippen molar-refractivity contribution in [2.24, 2.45) is 27.2 Å². The van der Waals surface area contributed by atoms with Gasteiger partial charge in [0.2, 0.25) is 5.96 Å². The van der Waals surface area contributed by atoms with Crippen molar-refractivity contribution < 1.29 is 17.7 Å². The van der Waals surface area contributed by atoms with Crippen LogP contribution in [0.4, 0.5) is 5.69 Å². The summed E-state index contributed by atoms with van der Waals surface area (Å²) in [6.45, 7) is 0. The van der Waals surface area contributed by atoms with Crippen molar-refractivity contribution in [3.05, 3.63) is 46.4 Å². The lowest BCUT2D eigenvalue weighted by molar-refractivity contribution is 0.472. The predicted molar refractivity (Wildman–Crippen MR) is 99.9 cm³/mol. The molecule has 2 rings (SSSR count). The smallest absolute Gasteiger partial charge is 0.296 e. The third kappa shape index (κ3) is 5.23. The Morgan fingerprint density at radius 1 is 1.08 bits per heavy atom. The normalized spacial score (nSPS) is 11.9. The van der Waals surface area contributed by atoms with Crippen LogP contribution < -0.4 is 21.9 Å². The lowest BCUT2D eigenvalue weighted by atomic mass is 10.3. The summed E-state index contributed by atoms with van der Waals surface area (Å²) in [6, 6.07) is 8.18. The van der Waals surface area contributed by atoms with Crippen molar-refractivity contribution in [2.45, 2.75) is 4.90 Å². The highest BCUT2D eigenvalue weighted by atomic mass is 35.5. The molecule has 26 heavy (non-hydrogen) atoms. The minimum atomic E-state index is -4.65. The minimum absolute atomic E-state index is 0.0706. The Kier molecular flexibility index (Phi) is 5.93. The van der Waals surface area contributed by atoms with E-state index in [4.69, 9.17) is 45.1 Å². The molecule has 138 valence electrons. The van der Waals surface area contributed by atoms with E-state index in [0.717, 1.165) is 6.07 Å². The first-order chi connectivity index (χ1) is 12.1. The second kappa shape index (κ2) is 7.79. The molecule has 2 aromatic rings. The fraction of sp³-hybridized carbons (Fsp3) is 0. The van der Waals surface area contributed by atoms with Crippen LogP contribution in [-0.4, -0.2) is 24.9 Å². The van der Waals surface area contributed by atoms with Gasteiger partial charge in [-0.25, -0.2) is 4.99 Å². The van der Waals surface area contributed by atoms with Crippen molar-refractivity contribution in [3.8, 4) is 11.5 Å². The molecule has 12 heteroatoms. The van der Waals surface area contributed by atoms with Gasteiger partial charge in [0.15, 0.2) is 5.96 Å². The molecule has 7 N–H and O–H groups in total. The van der Waals surface area contributed by atoms with Crippen LogP contribution in [0, 0.1) is 0 Å². The van der Waals surface area contributed by atoms with Gasteiger partial charge < -0.3 is 21.9 Å². The van der Waals surface area contributed by atoms with E-state index in [1.807, 2.05) is 0 Å². The molecule has 0 aliphatic rings. The Hall–Kier alpha value is -2.53. The van der Waals surface area contributed by atoms with E-state index < -0.39 is 21.0 Å². The van der Waals surface area contributed by atoms with Crippen molar-refractivity contribution in [1.29, 1.82) is 0 Å². The Labute approximate surface area is 158 Å². The number of hydrogen-bond acceptors (Lipinski definition) is 4. The predicted octanol–water partition coefficient (Wildman–Crippen LogP) is 2.25. The Morgan fingerprint density at radius 2 is 1.77 bits per heavy atom. The van der Waals surface area contributed by atoms with Gasteiger partial charge >= 0.3 is 0 Å². The van der Waals surface area contributed by atoms with E-state index in [1.54, 1.807) is 6.07 Å². The summed E-state index contributed by atoms with van der Waals surface area (Å²) in [7, 11) is -4.65. The van der Waals surface area contributed by atoms with Crippen molar-refractivity contribution in [1.82, 2.24) is 0 Å². The molecule has 0 unspecified atom stereocenters. The molecule has 9 nitrogen and oxygen atoms in total. The van der Waals surface area contributed by atoms with Crippen molar-refractivity contribution in [3.63, 3.8) is 0 Å². The van der Waals surface area contributed by atoms with Crippen LogP contribution >= 0.6 is 23.2 Å². The summed E-state index contributed by atoms with van der Waals surface area (Å²) in [5.41, 5.74) is 15.6. The highest BCUT2D eigenvalue weighted by Gasteiger charge is 2.18. The minimum Gasteiger partial charge on any atom is -0.456 e. The molecule has 0 saturated carbocycles. The number of hydrogen-bond donors (Lipinski definition) is 4. The molecule has 0 bridgehead atoms. The largest absolute Gasteiger partial charge is 0.456 e. The third-order valence-corrected chi connectivity index (χ3v) is 4.22. The zero-order chi connectivity index (χ0) is 19.5. The first kappa shape index (κ1) is 19.8. The van der Waals surface area contributed by atoms with Crippen LogP contribution in [0.5, 0.6) is 11.5 Å². The molecular weight excluding hydrogens is 405 g/mol. The van der Waals surface area contributed by atoms with E-state index in [0.29, 0.717) is 5.02 Å². The quantitative estimate of drug-likeness (QED) is 0.336. The number of nitrogens with zero attached hydrogens (tertiary/aromatic N) is 2. The molecule has 0 atom stereocenters. The summed E-state index contributed by atoms with van der Waals surface area (Å²) in [5.74, 6) is -0.462. The Morgan fingerprint density at radius 3 is 2.35 bits per heavy atom. The molecule has 0 aliphatic heterocycles. The maximum absolute atomic E-state index is 11.6. The number of guanidine groups is 2. The van der Waals surface area contributed by atoms with Crippen LogP contribution in [0.3, 0.4) is 0 Å². The fourth-order valence-corrected chi connectivity index (χ4v) is 2.91. The topological polar surface area (TPSA) is 166 Å². The number of benzene rings is 2. The highest BCUT2D eigenvalue weighted by molar-refractivity contribution is 7.86. The summed E-state index contributed by atoms with van der Waals surface area (Å²) >= 11 is 11.8. The van der Waals surface area contributed by atoms with E-state index in [-0.39, 0.29) is 28.2 Å². The molecule has 0 aliphatic carbocycles. The third-order valence-electron chi connectivity index (χ3n) is 2.81. The lowest BCUT2D eigenvalue weighted by Gasteiger charge is -2.10. The molecule has 0 fully saturated rings. The number of ether oxygens (including phenoxy) is 1. The maximum atomic E-state index is 11.6. The second-order valence-corrected chi connectivity index (χ2v) is 7.02. The fourth-order valence-electron chi connectivity index (χ4n) is 1.82. The van der Waals surface area contributed by atoms with Gasteiger partial charge in [0, 0.05) is 11.1 Å². The van der Waals surface area contributed by atoms with Crippen LogP contribution in [0.25, 0.3) is 0 Å². The van der Waals surface area contributed by atoms with Gasteiger partial charge in [-0.2, -0.15) is 13.4 Å². The summed E-state index contributed by atoms with van der Waals surface area (Å²) in [5, 5.41) is 0.617. The standard InChI is InChI=1S/C14H13Cl2N5O4S/c15-7-1-4-11(9(16)5-7)25-8-2-3-10(12(6-8)26(22,23)24)20-14(19)21-13(17)18/h1-6H,(H,22,23,24)(H6,17,18,19,20,21). The molecule has 0 saturated heterocycles. The van der Waals surface area contributed by atoms with E-state index in [2.05, 4.69) is 9.98 Å². The molecule has 0 heterocycles. The zero-order valence-corrected chi connectivity index (χ0v) is 15.3. The van der Waals surface area contributed by atoms with Gasteiger partial charge in [-0.3, -0.25) is 4.55 Å². The number of rotatable bonds is 4. The van der Waals surface area contributed by atoms with Gasteiger partial charge in [0.1, 0.15) is 16.4 Å². The lowest BCUT2D eigenvalue weighted by Crippen LogP contribution is -2.26. The average molecular weight is 418 g/mol. The summed E-state index contributed by atoms with van der Waals surface area (Å²) in [6.07, 6.45) is 0. The van der Waals surface area contributed by atoms with Crippen molar-refractivity contribution >= 4 is 50.9 Å². The number of nitrogens with two attached hydrogens (primary N) is 3. The molecule has 0 radical (unpaired) electrons. The highest BCUT2D eigenvalue weighted by Crippen LogP contribution is 2.35. The summed E-state index contributed by atoms with van der Waals surface area (Å²) in [4.78, 5) is 6.66. The zero-order valence-electron chi connectivity index (χ0n) is 12.9. The van der Waals surface area contributed by atoms with Crippen molar-refractivity contribution in [2.75, 3.05) is 0 Å². The van der Waals surface area contributed by atoms with Gasteiger partial charge in [-0.05, 0) is 30.3 Å². The van der Waals surface area contributed by atoms with E-state index in [1.165, 1.54) is 24.3 Å². The van der Waals surface area contributed by atoms with Gasteiger partial charge in [0.05, 0.1) is 10.7 Å². The van der Waals surface area contributed by atoms with Crippen LogP contribution in [0.15, 0.2) is 51.3 Å². The number of aliphatic imine (C=N–C) groups is 2. The maximum Gasteiger partial charge on any atom is 0.296 e. The Balaban J connectivity index is 2.48. The van der Waals surface area contributed by atoms with Gasteiger partial charge in [-0.1, -0.05) is 23.2 Å². The molecule has 0 aromatic heterocycles. The van der Waals surface area contributed by atoms with E-state index in [9.17, 15) is 13.0 Å². The Bertz CT molecular complexity index is 1000. The number of halogens is 2. The molecule has 0 spiro atoms. The molecule has 0 amide bonds. The van der Waals surface area contributed by atoms with Crippen LogP contribution in [0.1, 0.15) is 0 Å². The van der Waals surface area contributed by atoms with Crippen LogP contribution in [0.2, 0.25) is 10.0 Å².